The Kier molecular flexibility index (Phi) is 5.73. The highest BCUT2D eigenvalue weighted by Gasteiger charge is 2.31. The smallest absolute Gasteiger partial charge is 0.244 e. The number of rotatable bonds is 6. The molecule has 1 fully saturated rings. The highest BCUT2D eigenvalue weighted by molar-refractivity contribution is 7.91. The lowest BCUT2D eigenvalue weighted by molar-refractivity contribution is -0.121. The van der Waals surface area contributed by atoms with Gasteiger partial charge in [0.1, 0.15) is 0 Å². The zero-order valence-electron chi connectivity index (χ0n) is 13.9. The maximum atomic E-state index is 12.7. The number of hydrogen-bond acceptors (Lipinski definition) is 6. The average molecular weight is 395 g/mol. The van der Waals surface area contributed by atoms with E-state index in [4.69, 9.17) is 0 Å². The number of hydrogen-bond donors (Lipinski definition) is 1. The Bertz CT molecular complexity index is 827. The van der Waals surface area contributed by atoms with Crippen molar-refractivity contribution in [3.63, 3.8) is 0 Å². The third-order valence-electron chi connectivity index (χ3n) is 3.88. The fourth-order valence-electron chi connectivity index (χ4n) is 2.71. The van der Waals surface area contributed by atoms with Crippen LogP contribution < -0.4 is 5.32 Å². The summed E-state index contributed by atoms with van der Waals surface area (Å²) in [6, 6.07) is 1.17. The first-order valence-corrected chi connectivity index (χ1v) is 11.7. The lowest BCUT2D eigenvalue weighted by Crippen LogP contribution is -2.44. The first-order chi connectivity index (χ1) is 11.0. The van der Waals surface area contributed by atoms with Gasteiger partial charge in [0.05, 0.1) is 22.9 Å². The van der Waals surface area contributed by atoms with E-state index in [1.54, 1.807) is 19.9 Å². The number of nitrogens with one attached hydrogen (secondary N) is 1. The van der Waals surface area contributed by atoms with Crippen LogP contribution in [0.4, 0.5) is 0 Å². The van der Waals surface area contributed by atoms with Gasteiger partial charge in [-0.3, -0.25) is 4.79 Å². The fraction of sp³-hybridized carbons (Fsp3) is 0.643. The van der Waals surface area contributed by atoms with Gasteiger partial charge in [0.15, 0.2) is 9.84 Å². The quantitative estimate of drug-likeness (QED) is 0.765. The topological polar surface area (TPSA) is 101 Å². The van der Waals surface area contributed by atoms with E-state index >= 15 is 0 Å². The number of amides is 1. The van der Waals surface area contributed by atoms with Gasteiger partial charge in [-0.25, -0.2) is 16.8 Å². The Balaban J connectivity index is 2.08. The summed E-state index contributed by atoms with van der Waals surface area (Å²) in [6.45, 7) is 5.08. The van der Waals surface area contributed by atoms with Gasteiger partial charge in [-0.05, 0) is 26.3 Å². The molecule has 0 bridgehead atoms. The predicted molar refractivity (Wildman–Crippen MR) is 93.4 cm³/mol. The first kappa shape index (κ1) is 19.4. The number of carbonyl (C=O) groups is 1. The highest BCUT2D eigenvalue weighted by Crippen LogP contribution is 2.27. The van der Waals surface area contributed by atoms with Crippen LogP contribution in [0.2, 0.25) is 0 Å². The van der Waals surface area contributed by atoms with Crippen molar-refractivity contribution in [3.05, 3.63) is 15.8 Å². The Morgan fingerprint density at radius 3 is 2.54 bits per heavy atom. The zero-order valence-corrected chi connectivity index (χ0v) is 16.4. The summed E-state index contributed by atoms with van der Waals surface area (Å²) in [4.78, 5) is 13.9. The molecule has 2 rings (SSSR count). The van der Waals surface area contributed by atoms with E-state index in [9.17, 15) is 21.6 Å². The van der Waals surface area contributed by atoms with E-state index in [1.807, 2.05) is 6.92 Å². The van der Waals surface area contributed by atoms with Crippen molar-refractivity contribution in [2.75, 3.05) is 24.6 Å². The van der Waals surface area contributed by atoms with Gasteiger partial charge < -0.3 is 5.32 Å². The SMILES string of the molecule is CCN(CC(=O)N[C@H]1CCS(=O)(=O)C1)S(=O)(=O)c1cc(C)sc1C. The Morgan fingerprint density at radius 1 is 1.42 bits per heavy atom. The summed E-state index contributed by atoms with van der Waals surface area (Å²) >= 11 is 1.40. The largest absolute Gasteiger partial charge is 0.351 e. The van der Waals surface area contributed by atoms with Crippen molar-refractivity contribution in [2.45, 2.75) is 38.1 Å². The van der Waals surface area contributed by atoms with Crippen molar-refractivity contribution >= 4 is 37.1 Å². The minimum Gasteiger partial charge on any atom is -0.351 e. The van der Waals surface area contributed by atoms with Gasteiger partial charge >= 0.3 is 0 Å². The molecule has 0 radical (unpaired) electrons. The van der Waals surface area contributed by atoms with Crippen molar-refractivity contribution in [2.24, 2.45) is 0 Å². The number of nitrogens with zero attached hydrogens (tertiary/aromatic N) is 1. The summed E-state index contributed by atoms with van der Waals surface area (Å²) in [7, 11) is -6.84. The normalized spacial score (nSPS) is 20.4. The second-order valence-corrected chi connectivity index (χ2v) is 11.5. The van der Waals surface area contributed by atoms with Crippen LogP contribution in [0, 0.1) is 13.8 Å². The van der Waals surface area contributed by atoms with Crippen LogP contribution >= 0.6 is 11.3 Å². The highest BCUT2D eigenvalue weighted by atomic mass is 32.2. The molecule has 1 atom stereocenters. The van der Waals surface area contributed by atoms with E-state index in [1.165, 1.54) is 11.3 Å². The third kappa shape index (κ3) is 4.35. The van der Waals surface area contributed by atoms with Crippen LogP contribution in [-0.4, -0.2) is 57.7 Å². The average Bonchev–Trinajstić information content (AvgIpc) is 2.97. The van der Waals surface area contributed by atoms with Crippen LogP contribution in [0.1, 0.15) is 23.1 Å². The molecule has 1 aliphatic rings. The molecule has 10 heteroatoms. The second kappa shape index (κ2) is 7.11. The third-order valence-corrected chi connectivity index (χ3v) is 8.79. The van der Waals surface area contributed by atoms with E-state index in [0.29, 0.717) is 11.3 Å². The summed E-state index contributed by atoms with van der Waals surface area (Å²) in [5.41, 5.74) is 0. The monoisotopic (exact) mass is 394 g/mol. The van der Waals surface area contributed by atoms with Crippen LogP contribution in [0.3, 0.4) is 0 Å². The number of sulfonamides is 1. The molecule has 1 aromatic heterocycles. The molecule has 136 valence electrons. The van der Waals surface area contributed by atoms with Gasteiger partial charge in [-0.2, -0.15) is 4.31 Å². The maximum absolute atomic E-state index is 12.7. The number of sulfone groups is 1. The van der Waals surface area contributed by atoms with Crippen LogP contribution in [0.25, 0.3) is 0 Å². The molecule has 1 N–H and O–H groups in total. The van der Waals surface area contributed by atoms with Crippen LogP contribution in [-0.2, 0) is 24.7 Å². The molecule has 0 spiro atoms. The minimum absolute atomic E-state index is 0.0567. The molecule has 0 unspecified atom stereocenters. The van der Waals surface area contributed by atoms with Gasteiger partial charge in [-0.15, -0.1) is 11.3 Å². The number of likely N-dealkylation sites (N-methyl/N-ethyl adjacent to an activating group) is 1. The summed E-state index contributed by atoms with van der Waals surface area (Å²) in [5, 5.41) is 2.62. The molecule has 1 saturated heterocycles. The van der Waals surface area contributed by atoms with Crippen LogP contribution in [0.15, 0.2) is 11.0 Å². The van der Waals surface area contributed by atoms with E-state index < -0.39 is 31.8 Å². The molecule has 1 aliphatic heterocycles. The number of thiophene rings is 1. The molecule has 1 amide bonds. The summed E-state index contributed by atoms with van der Waals surface area (Å²) in [5.74, 6) is -0.506. The van der Waals surface area contributed by atoms with E-state index in [2.05, 4.69) is 5.32 Å². The fourth-order valence-corrected chi connectivity index (χ4v) is 7.31. The van der Waals surface area contributed by atoms with Gasteiger partial charge in [0, 0.05) is 22.3 Å². The van der Waals surface area contributed by atoms with Gasteiger partial charge in [-0.1, -0.05) is 6.92 Å². The minimum atomic E-state index is -3.75. The molecule has 2 heterocycles. The molecule has 7 nitrogen and oxygen atoms in total. The maximum Gasteiger partial charge on any atom is 0.244 e. The summed E-state index contributed by atoms with van der Waals surface area (Å²) in [6.07, 6.45) is 0.371. The van der Waals surface area contributed by atoms with Crippen molar-refractivity contribution in [3.8, 4) is 0 Å². The molecule has 0 aromatic carbocycles. The lowest BCUT2D eigenvalue weighted by Gasteiger charge is -2.21. The summed E-state index contributed by atoms with van der Waals surface area (Å²) < 4.78 is 49.4. The van der Waals surface area contributed by atoms with Gasteiger partial charge in [0.2, 0.25) is 15.9 Å². The van der Waals surface area contributed by atoms with Crippen LogP contribution in [0.5, 0.6) is 0 Å². The molecular weight excluding hydrogens is 372 g/mol. The van der Waals surface area contributed by atoms with Crippen molar-refractivity contribution in [1.29, 1.82) is 0 Å². The number of carbonyl (C=O) groups excluding carboxylic acids is 1. The standard InChI is InChI=1S/C14H22N2O5S3/c1-4-16(24(20,21)13-7-10(2)22-11(13)3)8-14(17)15-12-5-6-23(18,19)9-12/h7,12H,4-6,8-9H2,1-3H3,(H,15,17)/t12-/m0/s1. The molecule has 1 aromatic rings. The van der Waals surface area contributed by atoms with Crippen molar-refractivity contribution < 1.29 is 21.6 Å². The zero-order chi connectivity index (χ0) is 18.1. The molecule has 0 saturated carbocycles. The van der Waals surface area contributed by atoms with E-state index in [-0.39, 0.29) is 29.5 Å². The first-order valence-electron chi connectivity index (χ1n) is 7.62. The molecule has 24 heavy (non-hydrogen) atoms. The second-order valence-electron chi connectivity index (χ2n) is 5.88. The van der Waals surface area contributed by atoms with Crippen molar-refractivity contribution in [1.82, 2.24) is 9.62 Å². The lowest BCUT2D eigenvalue weighted by atomic mass is 10.2. The predicted octanol–water partition coefficient (Wildman–Crippen LogP) is 0.679. The number of aryl methyl sites for hydroxylation is 2. The Hall–Kier alpha value is -0.970. The Morgan fingerprint density at radius 2 is 2.08 bits per heavy atom. The molecular formula is C14H22N2O5S3. The van der Waals surface area contributed by atoms with Gasteiger partial charge in [0.25, 0.3) is 0 Å². The van der Waals surface area contributed by atoms with E-state index in [0.717, 1.165) is 9.18 Å². The molecule has 0 aliphatic carbocycles. The Labute approximate surface area is 147 Å².